The van der Waals surface area contributed by atoms with Crippen molar-refractivity contribution < 1.29 is 14.3 Å². The number of carbonyl (C=O) groups is 1. The van der Waals surface area contributed by atoms with Gasteiger partial charge in [-0.15, -0.1) is 0 Å². The maximum absolute atomic E-state index is 14.4. The largest absolute Gasteiger partial charge is 0.476 e. The molecule has 0 amide bonds. The van der Waals surface area contributed by atoms with Crippen molar-refractivity contribution >= 4 is 34.2 Å². The molecule has 2 heterocycles. The number of halogens is 2. The summed E-state index contributed by atoms with van der Waals surface area (Å²) in [4.78, 5) is 15.0. The molecule has 0 unspecified atom stereocenters. The zero-order chi connectivity index (χ0) is 16.0. The number of nitrogens with zero attached hydrogens (tertiary/aromatic N) is 3. The molecular formula is C14H10ClFN4O2. The van der Waals surface area contributed by atoms with Gasteiger partial charge in [-0.2, -0.15) is 5.10 Å². The number of aromatic carboxylic acids is 1. The lowest BCUT2D eigenvalue weighted by molar-refractivity contribution is 0.0691. The minimum absolute atomic E-state index is 0.169. The van der Waals surface area contributed by atoms with Crippen LogP contribution in [0.25, 0.3) is 22.2 Å². The number of nitrogens with two attached hydrogens (primary N) is 1. The number of rotatable bonds is 2. The van der Waals surface area contributed by atoms with Crippen molar-refractivity contribution in [1.82, 2.24) is 14.8 Å². The van der Waals surface area contributed by atoms with E-state index in [1.807, 2.05) is 0 Å². The van der Waals surface area contributed by atoms with Gasteiger partial charge in [-0.05, 0) is 6.07 Å². The molecule has 8 heteroatoms. The standard InChI is InChI=1S/C14H10ClFN4O2/c1-20-8-4-2-3-6(7(8)5-18-20)12-10(16)11(17)9(15)13(19-12)14(21)22/h2-5H,1H3,(H2,17,19)(H,21,22). The summed E-state index contributed by atoms with van der Waals surface area (Å²) < 4.78 is 16.1. The number of hydrogen-bond acceptors (Lipinski definition) is 4. The molecule has 0 atom stereocenters. The van der Waals surface area contributed by atoms with Gasteiger partial charge in [0.1, 0.15) is 5.69 Å². The van der Waals surface area contributed by atoms with E-state index in [4.69, 9.17) is 22.4 Å². The maximum Gasteiger partial charge on any atom is 0.356 e. The van der Waals surface area contributed by atoms with Crippen molar-refractivity contribution in [2.75, 3.05) is 5.73 Å². The van der Waals surface area contributed by atoms with Gasteiger partial charge in [0.25, 0.3) is 0 Å². The van der Waals surface area contributed by atoms with E-state index in [1.165, 1.54) is 0 Å². The monoisotopic (exact) mass is 320 g/mol. The molecule has 0 saturated heterocycles. The summed E-state index contributed by atoms with van der Waals surface area (Å²) in [5.41, 5.74) is 5.63. The number of carboxylic acid groups (broad SMARTS) is 1. The van der Waals surface area contributed by atoms with Crippen molar-refractivity contribution in [3.8, 4) is 11.3 Å². The second-order valence-corrected chi connectivity index (χ2v) is 5.04. The first-order valence-electron chi connectivity index (χ1n) is 6.20. The molecule has 112 valence electrons. The molecule has 22 heavy (non-hydrogen) atoms. The molecule has 6 nitrogen and oxygen atoms in total. The molecule has 0 saturated carbocycles. The van der Waals surface area contributed by atoms with Crippen molar-refractivity contribution in [3.63, 3.8) is 0 Å². The van der Waals surface area contributed by atoms with Gasteiger partial charge in [-0.3, -0.25) is 4.68 Å². The summed E-state index contributed by atoms with van der Waals surface area (Å²) in [7, 11) is 1.74. The topological polar surface area (TPSA) is 94.0 Å². The van der Waals surface area contributed by atoms with Crippen LogP contribution < -0.4 is 5.73 Å². The van der Waals surface area contributed by atoms with Crippen LogP contribution in [-0.4, -0.2) is 25.8 Å². The van der Waals surface area contributed by atoms with Gasteiger partial charge in [0, 0.05) is 18.0 Å². The smallest absolute Gasteiger partial charge is 0.356 e. The Morgan fingerprint density at radius 3 is 2.86 bits per heavy atom. The zero-order valence-electron chi connectivity index (χ0n) is 11.3. The number of fused-ring (bicyclic) bond motifs is 1. The van der Waals surface area contributed by atoms with Crippen molar-refractivity contribution in [2.45, 2.75) is 0 Å². The number of benzene rings is 1. The first kappa shape index (κ1) is 14.3. The Kier molecular flexibility index (Phi) is 3.22. The first-order chi connectivity index (χ1) is 10.4. The highest BCUT2D eigenvalue weighted by Gasteiger charge is 2.23. The second kappa shape index (κ2) is 4.96. The highest BCUT2D eigenvalue weighted by molar-refractivity contribution is 6.35. The lowest BCUT2D eigenvalue weighted by Gasteiger charge is -2.10. The number of anilines is 1. The fraction of sp³-hybridized carbons (Fsp3) is 0.0714. The van der Waals surface area contributed by atoms with Gasteiger partial charge in [0.15, 0.2) is 11.5 Å². The van der Waals surface area contributed by atoms with Crippen LogP contribution in [-0.2, 0) is 7.05 Å². The Bertz CT molecular complexity index is 923. The SMILES string of the molecule is Cn1ncc2c(-c3nc(C(=O)O)c(Cl)c(N)c3F)cccc21. The first-order valence-corrected chi connectivity index (χ1v) is 6.58. The maximum atomic E-state index is 14.4. The van der Waals surface area contributed by atoms with Gasteiger partial charge >= 0.3 is 5.97 Å². The summed E-state index contributed by atoms with van der Waals surface area (Å²) in [6.07, 6.45) is 1.55. The number of pyridine rings is 1. The molecule has 0 spiro atoms. The molecule has 1 aromatic carbocycles. The molecule has 0 fully saturated rings. The second-order valence-electron chi connectivity index (χ2n) is 4.66. The average molecular weight is 321 g/mol. The van der Waals surface area contributed by atoms with E-state index in [1.54, 1.807) is 36.1 Å². The summed E-state index contributed by atoms with van der Waals surface area (Å²) >= 11 is 5.75. The van der Waals surface area contributed by atoms with Gasteiger partial charge in [0.2, 0.25) is 0 Å². The molecule has 0 radical (unpaired) electrons. The Morgan fingerprint density at radius 2 is 2.18 bits per heavy atom. The van der Waals surface area contributed by atoms with Crippen LogP contribution in [0, 0.1) is 5.82 Å². The van der Waals surface area contributed by atoms with Crippen LogP contribution in [0.1, 0.15) is 10.5 Å². The van der Waals surface area contributed by atoms with E-state index in [-0.39, 0.29) is 5.69 Å². The van der Waals surface area contributed by atoms with Crippen molar-refractivity contribution in [3.05, 3.63) is 40.9 Å². The van der Waals surface area contributed by atoms with Gasteiger partial charge in [0.05, 0.1) is 22.4 Å². The summed E-state index contributed by atoms with van der Waals surface area (Å²) in [5, 5.41) is 13.5. The molecule has 0 aliphatic heterocycles. The van der Waals surface area contributed by atoms with Gasteiger partial charge < -0.3 is 10.8 Å². The fourth-order valence-electron chi connectivity index (χ4n) is 2.27. The van der Waals surface area contributed by atoms with Crippen molar-refractivity contribution in [1.29, 1.82) is 0 Å². The van der Waals surface area contributed by atoms with Crippen LogP contribution >= 0.6 is 11.6 Å². The lowest BCUT2D eigenvalue weighted by atomic mass is 10.1. The molecule has 2 aromatic heterocycles. The third-order valence-electron chi connectivity index (χ3n) is 3.36. The van der Waals surface area contributed by atoms with Crippen LogP contribution in [0.5, 0.6) is 0 Å². The van der Waals surface area contributed by atoms with Crippen LogP contribution in [0.3, 0.4) is 0 Å². The predicted octanol–water partition coefficient (Wildman–Crippen LogP) is 2.71. The van der Waals surface area contributed by atoms with Gasteiger partial charge in [-0.25, -0.2) is 14.2 Å². The van der Waals surface area contributed by atoms with Crippen LogP contribution in [0.15, 0.2) is 24.4 Å². The highest BCUT2D eigenvalue weighted by Crippen LogP contribution is 2.35. The lowest BCUT2D eigenvalue weighted by Crippen LogP contribution is -2.08. The third kappa shape index (κ3) is 1.98. The Hall–Kier alpha value is -2.67. The Balaban J connectivity index is 2.38. The van der Waals surface area contributed by atoms with E-state index in [0.29, 0.717) is 10.9 Å². The van der Waals surface area contributed by atoms with E-state index in [2.05, 4.69) is 10.1 Å². The zero-order valence-corrected chi connectivity index (χ0v) is 12.1. The third-order valence-corrected chi connectivity index (χ3v) is 3.74. The molecule has 3 N–H and O–H groups in total. The Morgan fingerprint density at radius 1 is 1.45 bits per heavy atom. The van der Waals surface area contributed by atoms with Gasteiger partial charge in [-0.1, -0.05) is 23.7 Å². The predicted molar refractivity (Wildman–Crippen MR) is 80.3 cm³/mol. The molecule has 3 aromatic rings. The number of nitrogen functional groups attached to an aromatic ring is 1. The summed E-state index contributed by atoms with van der Waals surface area (Å²) in [6, 6.07) is 5.13. The van der Waals surface area contributed by atoms with E-state index in [0.717, 1.165) is 5.52 Å². The average Bonchev–Trinajstić information content (AvgIpc) is 2.87. The minimum atomic E-state index is -1.38. The minimum Gasteiger partial charge on any atom is -0.476 e. The number of aromatic nitrogens is 3. The van der Waals surface area contributed by atoms with Crippen LogP contribution in [0.2, 0.25) is 5.02 Å². The van der Waals surface area contributed by atoms with E-state index < -0.39 is 28.2 Å². The molecular weight excluding hydrogens is 311 g/mol. The quantitative estimate of drug-likeness (QED) is 0.757. The fourth-order valence-corrected chi connectivity index (χ4v) is 2.47. The summed E-state index contributed by atoms with van der Waals surface area (Å²) in [5.74, 6) is -2.23. The molecule has 3 rings (SSSR count). The molecule has 0 bridgehead atoms. The van der Waals surface area contributed by atoms with Crippen LogP contribution in [0.4, 0.5) is 10.1 Å². The number of carboxylic acids is 1. The molecule has 0 aliphatic carbocycles. The Labute approximate surface area is 128 Å². The van der Waals surface area contributed by atoms with Crippen molar-refractivity contribution in [2.24, 2.45) is 7.05 Å². The van der Waals surface area contributed by atoms with E-state index >= 15 is 0 Å². The van der Waals surface area contributed by atoms with E-state index in [9.17, 15) is 9.18 Å². The number of aryl methyl sites for hydroxylation is 1. The number of hydrogen-bond donors (Lipinski definition) is 2. The summed E-state index contributed by atoms with van der Waals surface area (Å²) in [6.45, 7) is 0. The normalized spacial score (nSPS) is 11.0. The highest BCUT2D eigenvalue weighted by atomic mass is 35.5. The molecule has 0 aliphatic rings.